The molecule has 3 rings (SSSR count). The highest BCUT2D eigenvalue weighted by molar-refractivity contribution is 8.18. The first-order chi connectivity index (χ1) is 13.9. The predicted molar refractivity (Wildman–Crippen MR) is 115 cm³/mol. The number of amides is 1. The molecule has 1 aliphatic rings. The zero-order chi connectivity index (χ0) is 21.0. The van der Waals surface area contributed by atoms with Crippen LogP contribution in [0.2, 0.25) is 10.0 Å². The van der Waals surface area contributed by atoms with E-state index in [1.54, 1.807) is 19.2 Å². The number of methoxy groups -OCH3 is 1. The number of nitro groups is 1. The quantitative estimate of drug-likeness (QED) is 0.312. The first-order valence-electron chi connectivity index (χ1n) is 7.97. The SMILES string of the molecule is COc1ccc(/C=N/N=C2\NC(=O)/C(=C\c3cc([N+](=O)[O-])c(Cl)cc3Cl)S2)cc1. The van der Waals surface area contributed by atoms with E-state index in [0.29, 0.717) is 5.56 Å². The van der Waals surface area contributed by atoms with Gasteiger partial charge in [0, 0.05) is 16.7 Å². The molecule has 1 aliphatic heterocycles. The highest BCUT2D eigenvalue weighted by atomic mass is 35.5. The van der Waals surface area contributed by atoms with Crippen molar-refractivity contribution in [3.63, 3.8) is 0 Å². The zero-order valence-electron chi connectivity index (χ0n) is 14.8. The molecule has 2 aromatic rings. The number of hydrogen-bond donors (Lipinski definition) is 1. The second-order valence-corrected chi connectivity index (χ2v) is 7.41. The fourth-order valence-electron chi connectivity index (χ4n) is 2.26. The maximum atomic E-state index is 12.1. The number of carbonyl (C=O) groups excluding carboxylic acids is 1. The highest BCUT2D eigenvalue weighted by Gasteiger charge is 2.25. The van der Waals surface area contributed by atoms with Crippen LogP contribution in [0.1, 0.15) is 11.1 Å². The molecule has 1 N–H and O–H groups in total. The summed E-state index contributed by atoms with van der Waals surface area (Å²) in [6.45, 7) is 0. The third-order valence-corrected chi connectivity index (χ3v) is 5.20. The monoisotopic (exact) mass is 450 g/mol. The Hall–Kier alpha value is -2.88. The lowest BCUT2D eigenvalue weighted by atomic mass is 10.2. The summed E-state index contributed by atoms with van der Waals surface area (Å²) in [7, 11) is 1.58. The first-order valence-corrected chi connectivity index (χ1v) is 9.54. The Labute approximate surface area is 179 Å². The predicted octanol–water partition coefficient (Wildman–Crippen LogP) is 4.50. The maximum absolute atomic E-state index is 12.1. The molecular weight excluding hydrogens is 439 g/mol. The average molecular weight is 451 g/mol. The number of rotatable bonds is 5. The number of halogens is 2. The van der Waals surface area contributed by atoms with Crippen LogP contribution in [0.3, 0.4) is 0 Å². The van der Waals surface area contributed by atoms with Crippen LogP contribution in [0.15, 0.2) is 51.5 Å². The smallest absolute Gasteiger partial charge is 0.288 e. The molecule has 1 amide bonds. The molecule has 0 aliphatic carbocycles. The van der Waals surface area contributed by atoms with Crippen LogP contribution in [-0.4, -0.2) is 29.3 Å². The molecule has 2 aromatic carbocycles. The maximum Gasteiger partial charge on any atom is 0.288 e. The van der Waals surface area contributed by atoms with E-state index in [0.717, 1.165) is 23.1 Å². The van der Waals surface area contributed by atoms with Crippen LogP contribution in [0.5, 0.6) is 5.75 Å². The summed E-state index contributed by atoms with van der Waals surface area (Å²) in [6, 6.07) is 9.67. The van der Waals surface area contributed by atoms with E-state index in [2.05, 4.69) is 15.5 Å². The van der Waals surface area contributed by atoms with E-state index in [1.165, 1.54) is 24.4 Å². The molecule has 0 atom stereocenters. The third-order valence-electron chi connectivity index (χ3n) is 3.67. The second-order valence-electron chi connectivity index (χ2n) is 5.57. The molecule has 0 saturated carbocycles. The number of amidine groups is 1. The van der Waals surface area contributed by atoms with Crippen molar-refractivity contribution in [2.45, 2.75) is 0 Å². The summed E-state index contributed by atoms with van der Waals surface area (Å²) >= 11 is 12.9. The minimum atomic E-state index is -0.622. The van der Waals surface area contributed by atoms with Crippen LogP contribution in [-0.2, 0) is 4.79 Å². The topological polar surface area (TPSA) is 106 Å². The molecule has 148 valence electrons. The highest BCUT2D eigenvalue weighted by Crippen LogP contribution is 2.34. The molecule has 0 spiro atoms. The molecule has 1 fully saturated rings. The minimum Gasteiger partial charge on any atom is -0.497 e. The van der Waals surface area contributed by atoms with Crippen LogP contribution in [0.4, 0.5) is 5.69 Å². The molecule has 11 heteroatoms. The van der Waals surface area contributed by atoms with Gasteiger partial charge in [0.1, 0.15) is 10.8 Å². The molecule has 1 heterocycles. The van der Waals surface area contributed by atoms with Crippen molar-refractivity contribution < 1.29 is 14.5 Å². The summed E-state index contributed by atoms with van der Waals surface area (Å²) in [5, 5.41) is 21.9. The van der Waals surface area contributed by atoms with Gasteiger partial charge in [0.25, 0.3) is 11.6 Å². The Bertz CT molecular complexity index is 1070. The van der Waals surface area contributed by atoms with Gasteiger partial charge >= 0.3 is 0 Å². The Balaban J connectivity index is 1.77. The van der Waals surface area contributed by atoms with Gasteiger partial charge in [0.05, 0.1) is 23.2 Å². The van der Waals surface area contributed by atoms with Crippen molar-refractivity contribution in [1.82, 2.24) is 5.32 Å². The summed E-state index contributed by atoms with van der Waals surface area (Å²) in [6.07, 6.45) is 2.96. The van der Waals surface area contributed by atoms with Gasteiger partial charge in [-0.15, -0.1) is 5.10 Å². The van der Waals surface area contributed by atoms with Crippen LogP contribution in [0, 0.1) is 10.1 Å². The number of hydrogen-bond acceptors (Lipinski definition) is 7. The second kappa shape index (κ2) is 9.08. The minimum absolute atomic E-state index is 0.0826. The number of carbonyl (C=O) groups is 1. The third kappa shape index (κ3) is 5.14. The fourth-order valence-corrected chi connectivity index (χ4v) is 3.53. The summed E-state index contributed by atoms with van der Waals surface area (Å²) in [5.74, 6) is 0.310. The lowest BCUT2D eigenvalue weighted by Crippen LogP contribution is -2.19. The average Bonchev–Trinajstić information content (AvgIpc) is 3.03. The summed E-state index contributed by atoms with van der Waals surface area (Å²) in [5.41, 5.74) is 0.799. The Morgan fingerprint density at radius 2 is 1.93 bits per heavy atom. The summed E-state index contributed by atoms with van der Waals surface area (Å²) < 4.78 is 5.08. The number of ether oxygens (including phenoxy) is 1. The number of nitrogens with one attached hydrogen (secondary N) is 1. The largest absolute Gasteiger partial charge is 0.497 e. The van der Waals surface area contributed by atoms with E-state index in [1.807, 2.05) is 12.1 Å². The van der Waals surface area contributed by atoms with Gasteiger partial charge in [-0.25, -0.2) is 0 Å². The van der Waals surface area contributed by atoms with Crippen LogP contribution in [0.25, 0.3) is 6.08 Å². The van der Waals surface area contributed by atoms with Crippen molar-refractivity contribution in [1.29, 1.82) is 0 Å². The standard InChI is InChI=1S/C18H12Cl2N4O4S/c1-28-12-4-2-10(3-5-12)9-21-23-18-22-17(25)16(29-18)7-11-6-15(24(26)27)14(20)8-13(11)19/h2-9H,1H3,(H,22,23,25)/b16-7+,21-9+. The van der Waals surface area contributed by atoms with Crippen molar-refractivity contribution in [3.8, 4) is 5.75 Å². The molecule has 0 aromatic heterocycles. The van der Waals surface area contributed by atoms with Crippen molar-refractivity contribution in [2.24, 2.45) is 10.2 Å². The number of thioether (sulfide) groups is 1. The van der Waals surface area contributed by atoms with Crippen molar-refractivity contribution in [2.75, 3.05) is 7.11 Å². The molecule has 8 nitrogen and oxygen atoms in total. The molecule has 1 saturated heterocycles. The van der Waals surface area contributed by atoms with Crippen molar-refractivity contribution in [3.05, 3.63) is 72.6 Å². The van der Waals surface area contributed by atoms with Gasteiger partial charge < -0.3 is 4.74 Å². The van der Waals surface area contributed by atoms with Gasteiger partial charge in [-0.05, 0) is 53.7 Å². The van der Waals surface area contributed by atoms with E-state index < -0.39 is 10.8 Å². The Morgan fingerprint density at radius 3 is 2.59 bits per heavy atom. The normalized spacial score (nSPS) is 16.6. The lowest BCUT2D eigenvalue weighted by molar-refractivity contribution is -0.384. The van der Waals surface area contributed by atoms with Crippen molar-refractivity contribution >= 4 is 64.0 Å². The molecular formula is C18H12Cl2N4O4S. The first kappa shape index (κ1) is 20.8. The number of nitro benzene ring substituents is 1. The van der Waals surface area contributed by atoms with E-state index in [-0.39, 0.29) is 25.8 Å². The fraction of sp³-hybridized carbons (Fsp3) is 0.0556. The van der Waals surface area contributed by atoms with E-state index in [4.69, 9.17) is 27.9 Å². The van der Waals surface area contributed by atoms with Gasteiger partial charge in [-0.1, -0.05) is 23.2 Å². The Kier molecular flexibility index (Phi) is 6.53. The van der Waals surface area contributed by atoms with Gasteiger partial charge in [-0.2, -0.15) is 5.10 Å². The van der Waals surface area contributed by atoms with E-state index in [9.17, 15) is 14.9 Å². The molecule has 0 bridgehead atoms. The van der Waals surface area contributed by atoms with Gasteiger partial charge in [0.15, 0.2) is 5.17 Å². The van der Waals surface area contributed by atoms with E-state index >= 15 is 0 Å². The lowest BCUT2D eigenvalue weighted by Gasteiger charge is -2.01. The molecule has 0 unspecified atom stereocenters. The molecule has 0 radical (unpaired) electrons. The van der Waals surface area contributed by atoms with Crippen LogP contribution < -0.4 is 10.1 Å². The summed E-state index contributed by atoms with van der Waals surface area (Å²) in [4.78, 5) is 22.8. The number of benzene rings is 2. The number of nitrogens with zero attached hydrogens (tertiary/aromatic N) is 3. The Morgan fingerprint density at radius 1 is 1.21 bits per heavy atom. The van der Waals surface area contributed by atoms with Gasteiger partial charge in [-0.3, -0.25) is 20.2 Å². The zero-order valence-corrected chi connectivity index (χ0v) is 17.1. The van der Waals surface area contributed by atoms with Crippen LogP contribution >= 0.6 is 35.0 Å². The van der Waals surface area contributed by atoms with Gasteiger partial charge in [0.2, 0.25) is 0 Å². The molecule has 29 heavy (non-hydrogen) atoms.